The van der Waals surface area contributed by atoms with E-state index in [1.54, 1.807) is 0 Å². The zero-order valence-corrected chi connectivity index (χ0v) is 8.61. The highest BCUT2D eigenvalue weighted by molar-refractivity contribution is 5.53. The highest BCUT2D eigenvalue weighted by Gasteiger charge is 2.36. The van der Waals surface area contributed by atoms with Crippen molar-refractivity contribution in [3.8, 4) is 0 Å². The van der Waals surface area contributed by atoms with Gasteiger partial charge in [-0.1, -0.05) is 42.0 Å². The van der Waals surface area contributed by atoms with Crippen LogP contribution in [-0.2, 0) is 0 Å². The van der Waals surface area contributed by atoms with Gasteiger partial charge in [-0.05, 0) is 37.3 Å². The second-order valence-corrected chi connectivity index (χ2v) is 4.14. The van der Waals surface area contributed by atoms with Crippen LogP contribution in [0.2, 0.25) is 0 Å². The lowest BCUT2D eigenvalue weighted by atomic mass is 10.1. The maximum Gasteiger partial charge on any atom is -0.00429 e. The van der Waals surface area contributed by atoms with E-state index in [1.165, 1.54) is 17.6 Å². The Labute approximate surface area is 85.6 Å². The third-order valence-electron chi connectivity index (χ3n) is 3.00. The SMILES string of the molecule is C/C(=C\c1ccccc1)C1CC1CN. The Bertz CT molecular complexity index is 326. The van der Waals surface area contributed by atoms with Gasteiger partial charge in [0.25, 0.3) is 0 Å². The fourth-order valence-corrected chi connectivity index (χ4v) is 1.98. The van der Waals surface area contributed by atoms with Crippen LogP contribution < -0.4 is 5.73 Å². The molecule has 14 heavy (non-hydrogen) atoms. The van der Waals surface area contributed by atoms with E-state index in [2.05, 4.69) is 37.3 Å². The highest BCUT2D eigenvalue weighted by Crippen LogP contribution is 2.43. The number of hydrogen-bond donors (Lipinski definition) is 1. The zero-order chi connectivity index (χ0) is 9.97. The van der Waals surface area contributed by atoms with Crippen LogP contribution in [0, 0.1) is 11.8 Å². The highest BCUT2D eigenvalue weighted by atomic mass is 14.6. The van der Waals surface area contributed by atoms with Crippen LogP contribution >= 0.6 is 0 Å². The van der Waals surface area contributed by atoms with E-state index in [-0.39, 0.29) is 0 Å². The third-order valence-corrected chi connectivity index (χ3v) is 3.00. The van der Waals surface area contributed by atoms with E-state index in [0.717, 1.165) is 18.4 Å². The van der Waals surface area contributed by atoms with Gasteiger partial charge in [-0.15, -0.1) is 0 Å². The molecule has 1 nitrogen and oxygen atoms in total. The Balaban J connectivity index is 2.05. The van der Waals surface area contributed by atoms with E-state index in [1.807, 2.05) is 6.07 Å². The molecular formula is C13H17N. The molecule has 1 heteroatoms. The molecule has 1 aliphatic carbocycles. The molecule has 1 fully saturated rings. The Morgan fingerprint density at radius 1 is 1.43 bits per heavy atom. The van der Waals surface area contributed by atoms with Crippen molar-refractivity contribution in [2.75, 3.05) is 6.54 Å². The summed E-state index contributed by atoms with van der Waals surface area (Å²) in [5.41, 5.74) is 8.41. The minimum absolute atomic E-state index is 0.745. The summed E-state index contributed by atoms with van der Waals surface area (Å²) < 4.78 is 0. The van der Waals surface area contributed by atoms with Gasteiger partial charge in [-0.3, -0.25) is 0 Å². The first-order valence-electron chi connectivity index (χ1n) is 5.24. The molecule has 1 aromatic rings. The van der Waals surface area contributed by atoms with Crippen LogP contribution in [0.25, 0.3) is 6.08 Å². The predicted octanol–water partition coefficient (Wildman–Crippen LogP) is 2.68. The van der Waals surface area contributed by atoms with E-state index < -0.39 is 0 Å². The molecule has 0 heterocycles. The van der Waals surface area contributed by atoms with Crippen molar-refractivity contribution in [2.45, 2.75) is 13.3 Å². The first-order chi connectivity index (χ1) is 6.81. The number of allylic oxidation sites excluding steroid dienone is 1. The number of hydrogen-bond acceptors (Lipinski definition) is 1. The second-order valence-electron chi connectivity index (χ2n) is 4.14. The van der Waals surface area contributed by atoms with Crippen molar-refractivity contribution in [2.24, 2.45) is 17.6 Å². The van der Waals surface area contributed by atoms with Gasteiger partial charge in [0.1, 0.15) is 0 Å². The first-order valence-corrected chi connectivity index (χ1v) is 5.24. The lowest BCUT2D eigenvalue weighted by molar-refractivity contribution is 0.778. The monoisotopic (exact) mass is 187 g/mol. The van der Waals surface area contributed by atoms with Gasteiger partial charge in [-0.25, -0.2) is 0 Å². The molecule has 2 N–H and O–H groups in total. The summed E-state index contributed by atoms with van der Waals surface area (Å²) in [6, 6.07) is 10.5. The van der Waals surface area contributed by atoms with Crippen molar-refractivity contribution < 1.29 is 0 Å². The number of nitrogens with two attached hydrogens (primary N) is 1. The molecule has 0 aromatic heterocycles. The lowest BCUT2D eigenvalue weighted by Gasteiger charge is -1.99. The topological polar surface area (TPSA) is 26.0 Å². The maximum atomic E-state index is 5.63. The van der Waals surface area contributed by atoms with Gasteiger partial charge in [0, 0.05) is 0 Å². The van der Waals surface area contributed by atoms with Gasteiger partial charge in [-0.2, -0.15) is 0 Å². The van der Waals surface area contributed by atoms with Crippen molar-refractivity contribution in [1.29, 1.82) is 0 Å². The molecule has 2 rings (SSSR count). The Morgan fingerprint density at radius 3 is 2.71 bits per heavy atom. The molecule has 0 radical (unpaired) electrons. The van der Waals surface area contributed by atoms with Crippen molar-refractivity contribution in [3.05, 3.63) is 41.5 Å². The molecule has 0 saturated heterocycles. The molecule has 1 saturated carbocycles. The zero-order valence-electron chi connectivity index (χ0n) is 8.61. The van der Waals surface area contributed by atoms with E-state index >= 15 is 0 Å². The van der Waals surface area contributed by atoms with Gasteiger partial charge in [0.2, 0.25) is 0 Å². The minimum atomic E-state index is 0.745. The van der Waals surface area contributed by atoms with Gasteiger partial charge < -0.3 is 5.73 Å². The summed E-state index contributed by atoms with van der Waals surface area (Å²) in [4.78, 5) is 0. The van der Waals surface area contributed by atoms with Crippen molar-refractivity contribution >= 4 is 6.08 Å². The van der Waals surface area contributed by atoms with Crippen LogP contribution in [0.15, 0.2) is 35.9 Å². The van der Waals surface area contributed by atoms with Crippen LogP contribution in [0.1, 0.15) is 18.9 Å². The van der Waals surface area contributed by atoms with Crippen molar-refractivity contribution in [3.63, 3.8) is 0 Å². The largest absolute Gasteiger partial charge is 0.330 e. The Morgan fingerprint density at radius 2 is 2.14 bits per heavy atom. The van der Waals surface area contributed by atoms with E-state index in [0.29, 0.717) is 0 Å². The Hall–Kier alpha value is -1.08. The second kappa shape index (κ2) is 3.97. The standard InChI is InChI=1S/C13H17N/c1-10(13-8-12(13)9-14)7-11-5-3-2-4-6-11/h2-7,12-13H,8-9,14H2,1H3/b10-7+. The minimum Gasteiger partial charge on any atom is -0.330 e. The average Bonchev–Trinajstić information content (AvgIpc) is 2.98. The molecule has 74 valence electrons. The van der Waals surface area contributed by atoms with Crippen LogP contribution in [-0.4, -0.2) is 6.54 Å². The van der Waals surface area contributed by atoms with Gasteiger partial charge in [0.05, 0.1) is 0 Å². The summed E-state index contributed by atoms with van der Waals surface area (Å²) >= 11 is 0. The normalized spacial score (nSPS) is 26.3. The van der Waals surface area contributed by atoms with Gasteiger partial charge >= 0.3 is 0 Å². The molecule has 0 aliphatic heterocycles. The molecule has 2 atom stereocenters. The molecule has 0 bridgehead atoms. The fourth-order valence-electron chi connectivity index (χ4n) is 1.98. The van der Waals surface area contributed by atoms with E-state index in [4.69, 9.17) is 5.73 Å². The van der Waals surface area contributed by atoms with Crippen LogP contribution in [0.4, 0.5) is 0 Å². The average molecular weight is 187 g/mol. The predicted molar refractivity (Wildman–Crippen MR) is 60.7 cm³/mol. The third kappa shape index (κ3) is 2.05. The van der Waals surface area contributed by atoms with Crippen LogP contribution in [0.5, 0.6) is 0 Å². The van der Waals surface area contributed by atoms with E-state index in [9.17, 15) is 0 Å². The molecule has 1 aliphatic rings. The first kappa shape index (κ1) is 9.47. The summed E-state index contributed by atoms with van der Waals surface area (Å²) in [5, 5.41) is 0. The molecular weight excluding hydrogens is 170 g/mol. The van der Waals surface area contributed by atoms with Crippen molar-refractivity contribution in [1.82, 2.24) is 0 Å². The lowest BCUT2D eigenvalue weighted by Crippen LogP contribution is -2.02. The summed E-state index contributed by atoms with van der Waals surface area (Å²) in [6.07, 6.45) is 3.56. The Kier molecular flexibility index (Phi) is 2.69. The quantitative estimate of drug-likeness (QED) is 0.773. The fraction of sp³-hybridized carbons (Fsp3) is 0.385. The number of benzene rings is 1. The summed E-state index contributed by atoms with van der Waals surface area (Å²) in [7, 11) is 0. The van der Waals surface area contributed by atoms with Gasteiger partial charge in [0.15, 0.2) is 0 Å². The smallest absolute Gasteiger partial charge is 0.00429 e. The molecule has 2 unspecified atom stereocenters. The molecule has 0 amide bonds. The molecule has 1 aromatic carbocycles. The number of rotatable bonds is 3. The summed E-state index contributed by atoms with van der Waals surface area (Å²) in [5.74, 6) is 1.50. The molecule has 0 spiro atoms. The maximum absolute atomic E-state index is 5.63. The van der Waals surface area contributed by atoms with Crippen LogP contribution in [0.3, 0.4) is 0 Å². The summed E-state index contributed by atoms with van der Waals surface area (Å²) in [6.45, 7) is 3.05.